The molecule has 0 aromatic rings. The van der Waals surface area contributed by atoms with Crippen LogP contribution < -0.4 is 5.73 Å². The molecule has 0 spiro atoms. The molecule has 14 heavy (non-hydrogen) atoms. The molecule has 6 heteroatoms. The highest BCUT2D eigenvalue weighted by molar-refractivity contribution is 6.03. The molecule has 0 aliphatic rings. The van der Waals surface area contributed by atoms with E-state index in [1.807, 2.05) is 0 Å². The van der Waals surface area contributed by atoms with E-state index in [1.54, 1.807) is 0 Å². The first kappa shape index (κ1) is 12.6. The van der Waals surface area contributed by atoms with E-state index < -0.39 is 35.6 Å². The Bertz CT molecular complexity index is 271. The summed E-state index contributed by atoms with van der Waals surface area (Å²) in [6, 6.07) is 0. The maximum atomic E-state index is 11.1. The minimum atomic E-state index is -1.65. The second-order valence-corrected chi connectivity index (χ2v) is 3.47. The number of rotatable bonds is 5. The van der Waals surface area contributed by atoms with Crippen molar-refractivity contribution in [2.45, 2.75) is 13.8 Å². The fourth-order valence-corrected chi connectivity index (χ4v) is 1.09. The van der Waals surface area contributed by atoms with E-state index in [0.717, 1.165) is 0 Å². The summed E-state index contributed by atoms with van der Waals surface area (Å²) in [7, 11) is 0. The van der Waals surface area contributed by atoms with Crippen molar-refractivity contribution >= 4 is 17.7 Å². The van der Waals surface area contributed by atoms with Crippen LogP contribution in [0.25, 0.3) is 0 Å². The van der Waals surface area contributed by atoms with Gasteiger partial charge in [-0.25, -0.2) is 0 Å². The zero-order valence-corrected chi connectivity index (χ0v) is 7.98. The molecule has 80 valence electrons. The Morgan fingerprint density at radius 2 is 1.71 bits per heavy atom. The third-order valence-electron chi connectivity index (χ3n) is 2.04. The van der Waals surface area contributed by atoms with Gasteiger partial charge in [0, 0.05) is 0 Å². The molecule has 0 amide bonds. The highest BCUT2D eigenvalue weighted by Crippen LogP contribution is 2.28. The molecule has 0 fully saturated rings. The third-order valence-corrected chi connectivity index (χ3v) is 2.04. The van der Waals surface area contributed by atoms with Gasteiger partial charge in [-0.15, -0.1) is 0 Å². The number of carbonyl (C=O) groups is 3. The Labute approximate surface area is 80.7 Å². The number of carbonyl (C=O) groups excluding carboxylic acids is 1. The lowest BCUT2D eigenvalue weighted by Gasteiger charge is -2.25. The van der Waals surface area contributed by atoms with E-state index in [-0.39, 0.29) is 0 Å². The summed E-state index contributed by atoms with van der Waals surface area (Å²) in [6.07, 6.45) is 0. The van der Waals surface area contributed by atoms with E-state index in [2.05, 4.69) is 0 Å². The van der Waals surface area contributed by atoms with Crippen molar-refractivity contribution in [2.75, 3.05) is 6.54 Å². The molecule has 0 aliphatic heterocycles. The molecule has 0 aromatic heterocycles. The molecule has 0 aliphatic carbocycles. The van der Waals surface area contributed by atoms with Gasteiger partial charge in [0.05, 0.1) is 12.0 Å². The average Bonchev–Trinajstić information content (AvgIpc) is 2.02. The van der Waals surface area contributed by atoms with Crippen LogP contribution >= 0.6 is 0 Å². The number of carboxylic acids is 2. The standard InChI is InChI=1S/C8H13NO5/c1-8(2,7(13)14)5(6(11)12)4(10)3-9/h5H,3,9H2,1-2H3,(H,11,12)(H,13,14). The first-order valence-corrected chi connectivity index (χ1v) is 3.94. The molecular weight excluding hydrogens is 190 g/mol. The van der Waals surface area contributed by atoms with Crippen LogP contribution in [0.4, 0.5) is 0 Å². The van der Waals surface area contributed by atoms with Crippen molar-refractivity contribution in [1.29, 1.82) is 0 Å². The molecule has 0 bridgehead atoms. The maximum absolute atomic E-state index is 11.1. The van der Waals surface area contributed by atoms with Gasteiger partial charge in [-0.05, 0) is 13.8 Å². The predicted octanol–water partition coefficient (Wildman–Crippen LogP) is -0.674. The molecule has 6 nitrogen and oxygen atoms in total. The van der Waals surface area contributed by atoms with Gasteiger partial charge in [-0.3, -0.25) is 14.4 Å². The zero-order chi connectivity index (χ0) is 11.5. The van der Waals surface area contributed by atoms with Crippen LogP contribution in [0, 0.1) is 11.3 Å². The summed E-state index contributed by atoms with van der Waals surface area (Å²) >= 11 is 0. The topological polar surface area (TPSA) is 118 Å². The fourth-order valence-electron chi connectivity index (χ4n) is 1.09. The lowest BCUT2D eigenvalue weighted by atomic mass is 9.76. The summed E-state index contributed by atoms with van der Waals surface area (Å²) in [4.78, 5) is 32.6. The van der Waals surface area contributed by atoms with Crippen LogP contribution in [0.3, 0.4) is 0 Å². The van der Waals surface area contributed by atoms with E-state index in [4.69, 9.17) is 15.9 Å². The Kier molecular flexibility index (Phi) is 3.76. The fraction of sp³-hybridized carbons (Fsp3) is 0.625. The first-order chi connectivity index (χ1) is 6.25. The van der Waals surface area contributed by atoms with Gasteiger partial charge in [-0.1, -0.05) is 0 Å². The number of Topliss-reactive ketones (excluding diaryl/α,β-unsaturated/α-hetero) is 1. The third kappa shape index (κ3) is 2.29. The van der Waals surface area contributed by atoms with Crippen molar-refractivity contribution in [1.82, 2.24) is 0 Å². The normalized spacial score (nSPS) is 13.4. The van der Waals surface area contributed by atoms with Crippen LogP contribution in [-0.2, 0) is 14.4 Å². The van der Waals surface area contributed by atoms with Crippen LogP contribution in [0.2, 0.25) is 0 Å². The molecule has 4 N–H and O–H groups in total. The number of ketones is 1. The van der Waals surface area contributed by atoms with Crippen molar-refractivity contribution in [3.63, 3.8) is 0 Å². The van der Waals surface area contributed by atoms with Crippen LogP contribution in [0.5, 0.6) is 0 Å². The Morgan fingerprint density at radius 1 is 1.29 bits per heavy atom. The van der Waals surface area contributed by atoms with E-state index in [1.165, 1.54) is 13.8 Å². The van der Waals surface area contributed by atoms with E-state index in [0.29, 0.717) is 0 Å². The monoisotopic (exact) mass is 203 g/mol. The Hall–Kier alpha value is -1.43. The molecule has 0 heterocycles. The largest absolute Gasteiger partial charge is 0.481 e. The minimum Gasteiger partial charge on any atom is -0.481 e. The maximum Gasteiger partial charge on any atom is 0.315 e. The first-order valence-electron chi connectivity index (χ1n) is 3.94. The highest BCUT2D eigenvalue weighted by Gasteiger charge is 2.45. The molecule has 0 radical (unpaired) electrons. The molecule has 1 unspecified atom stereocenters. The summed E-state index contributed by atoms with van der Waals surface area (Å²) in [5, 5.41) is 17.5. The summed E-state index contributed by atoms with van der Waals surface area (Å²) in [6.45, 7) is 1.89. The molecule has 0 saturated carbocycles. The molecule has 0 saturated heterocycles. The zero-order valence-electron chi connectivity index (χ0n) is 7.98. The highest BCUT2D eigenvalue weighted by atomic mass is 16.4. The number of nitrogens with two attached hydrogens (primary N) is 1. The van der Waals surface area contributed by atoms with Gasteiger partial charge in [0.25, 0.3) is 0 Å². The van der Waals surface area contributed by atoms with Crippen molar-refractivity contribution < 1.29 is 24.6 Å². The second kappa shape index (κ2) is 4.19. The minimum absolute atomic E-state index is 0.478. The molecule has 0 aromatic carbocycles. The number of aliphatic carboxylic acids is 2. The molecule has 1 atom stereocenters. The molecule has 0 rings (SSSR count). The lowest BCUT2D eigenvalue weighted by Crippen LogP contribution is -2.44. The van der Waals surface area contributed by atoms with Crippen LogP contribution in [0.1, 0.15) is 13.8 Å². The SMILES string of the molecule is CC(C)(C(=O)O)C(C(=O)O)C(=O)CN. The van der Waals surface area contributed by atoms with Gasteiger partial charge in [0.1, 0.15) is 5.92 Å². The van der Waals surface area contributed by atoms with Crippen molar-refractivity contribution in [2.24, 2.45) is 17.1 Å². The van der Waals surface area contributed by atoms with Gasteiger partial charge in [0.2, 0.25) is 0 Å². The number of hydrogen-bond donors (Lipinski definition) is 3. The quantitative estimate of drug-likeness (QED) is 0.510. The van der Waals surface area contributed by atoms with Crippen molar-refractivity contribution in [3.8, 4) is 0 Å². The summed E-state index contributed by atoms with van der Waals surface area (Å²) in [5.41, 5.74) is 3.35. The Balaban J connectivity index is 5.11. The predicted molar refractivity (Wildman–Crippen MR) is 46.6 cm³/mol. The molecular formula is C8H13NO5. The number of hydrogen-bond acceptors (Lipinski definition) is 4. The van der Waals surface area contributed by atoms with Gasteiger partial charge >= 0.3 is 11.9 Å². The van der Waals surface area contributed by atoms with Crippen LogP contribution in [-0.4, -0.2) is 34.5 Å². The van der Waals surface area contributed by atoms with Gasteiger partial charge in [-0.2, -0.15) is 0 Å². The van der Waals surface area contributed by atoms with E-state index >= 15 is 0 Å². The average molecular weight is 203 g/mol. The van der Waals surface area contributed by atoms with Gasteiger partial charge < -0.3 is 15.9 Å². The number of carboxylic acid groups (broad SMARTS) is 2. The van der Waals surface area contributed by atoms with Crippen molar-refractivity contribution in [3.05, 3.63) is 0 Å². The summed E-state index contributed by atoms with van der Waals surface area (Å²) in [5.74, 6) is -5.20. The second-order valence-electron chi connectivity index (χ2n) is 3.47. The van der Waals surface area contributed by atoms with Gasteiger partial charge in [0.15, 0.2) is 5.78 Å². The Morgan fingerprint density at radius 3 is 1.93 bits per heavy atom. The summed E-state index contributed by atoms with van der Waals surface area (Å²) < 4.78 is 0. The van der Waals surface area contributed by atoms with Crippen LogP contribution in [0.15, 0.2) is 0 Å². The smallest absolute Gasteiger partial charge is 0.315 e. The lowest BCUT2D eigenvalue weighted by molar-refractivity contribution is -0.163. The van der Waals surface area contributed by atoms with E-state index in [9.17, 15) is 14.4 Å².